The highest BCUT2D eigenvalue weighted by Gasteiger charge is 2.05. The maximum atomic E-state index is 5.10. The quantitative estimate of drug-likeness (QED) is 0.636. The van der Waals surface area contributed by atoms with Gasteiger partial charge in [0, 0.05) is 13.2 Å². The van der Waals surface area contributed by atoms with E-state index in [1.807, 2.05) is 0 Å². The lowest BCUT2D eigenvalue weighted by Gasteiger charge is -2.18. The van der Waals surface area contributed by atoms with E-state index in [2.05, 4.69) is 26.1 Å². The number of ether oxygens (including phenoxy) is 1. The zero-order valence-electron chi connectivity index (χ0n) is 8.89. The summed E-state index contributed by atoms with van der Waals surface area (Å²) in [7, 11) is 1.76. The highest BCUT2D eigenvalue weighted by atomic mass is 16.5. The fourth-order valence-corrected chi connectivity index (χ4v) is 1.03. The van der Waals surface area contributed by atoms with Crippen molar-refractivity contribution in [2.75, 3.05) is 20.3 Å². The molecule has 0 spiro atoms. The van der Waals surface area contributed by atoms with Gasteiger partial charge in [0.2, 0.25) is 0 Å². The van der Waals surface area contributed by atoms with E-state index < -0.39 is 0 Å². The summed E-state index contributed by atoms with van der Waals surface area (Å²) >= 11 is 0. The fraction of sp³-hybridized carbons (Fsp3) is 1.00. The molecular weight excluding hydrogens is 150 g/mol. The van der Waals surface area contributed by atoms with Gasteiger partial charge in [0.05, 0.1) is 6.61 Å². The molecule has 0 aliphatic carbocycles. The zero-order valence-corrected chi connectivity index (χ0v) is 8.89. The standard InChI is InChI=1S/C10H23NO/c1-5-9(3)7-11-10(6-2)8-12-4/h9-11H,5-8H2,1-4H3. The van der Waals surface area contributed by atoms with Gasteiger partial charge in [-0.25, -0.2) is 0 Å². The summed E-state index contributed by atoms with van der Waals surface area (Å²) < 4.78 is 5.10. The molecule has 2 nitrogen and oxygen atoms in total. The van der Waals surface area contributed by atoms with Gasteiger partial charge < -0.3 is 10.1 Å². The Morgan fingerprint density at radius 2 is 1.92 bits per heavy atom. The summed E-state index contributed by atoms with van der Waals surface area (Å²) in [5, 5.41) is 3.50. The van der Waals surface area contributed by atoms with Crippen molar-refractivity contribution >= 4 is 0 Å². The summed E-state index contributed by atoms with van der Waals surface area (Å²) in [6.07, 6.45) is 2.39. The van der Waals surface area contributed by atoms with E-state index in [0.717, 1.165) is 25.5 Å². The fourth-order valence-electron chi connectivity index (χ4n) is 1.03. The second-order valence-corrected chi connectivity index (χ2v) is 3.48. The van der Waals surface area contributed by atoms with Crippen molar-refractivity contribution < 1.29 is 4.74 Å². The van der Waals surface area contributed by atoms with E-state index >= 15 is 0 Å². The van der Waals surface area contributed by atoms with Gasteiger partial charge in [-0.2, -0.15) is 0 Å². The van der Waals surface area contributed by atoms with Crippen molar-refractivity contribution in [2.24, 2.45) is 5.92 Å². The van der Waals surface area contributed by atoms with Crippen LogP contribution in [0.4, 0.5) is 0 Å². The monoisotopic (exact) mass is 173 g/mol. The molecule has 0 saturated carbocycles. The third-order valence-electron chi connectivity index (χ3n) is 2.31. The molecule has 0 aromatic rings. The lowest BCUT2D eigenvalue weighted by atomic mass is 10.1. The van der Waals surface area contributed by atoms with Crippen LogP contribution >= 0.6 is 0 Å². The lowest BCUT2D eigenvalue weighted by molar-refractivity contribution is 0.162. The Kier molecular flexibility index (Phi) is 7.51. The molecule has 2 heteroatoms. The maximum Gasteiger partial charge on any atom is 0.0615 e. The molecule has 0 aliphatic heterocycles. The van der Waals surface area contributed by atoms with Crippen LogP contribution in [0.5, 0.6) is 0 Å². The van der Waals surface area contributed by atoms with Gasteiger partial charge in [-0.3, -0.25) is 0 Å². The molecular formula is C10H23NO. The van der Waals surface area contributed by atoms with E-state index in [9.17, 15) is 0 Å². The van der Waals surface area contributed by atoms with Crippen molar-refractivity contribution in [1.29, 1.82) is 0 Å². The first kappa shape index (κ1) is 11.9. The highest BCUT2D eigenvalue weighted by molar-refractivity contribution is 4.65. The number of hydrogen-bond donors (Lipinski definition) is 1. The normalized spacial score (nSPS) is 16.0. The second kappa shape index (κ2) is 7.56. The zero-order chi connectivity index (χ0) is 9.40. The van der Waals surface area contributed by atoms with E-state index in [1.165, 1.54) is 6.42 Å². The Balaban J connectivity index is 3.43. The van der Waals surface area contributed by atoms with Gasteiger partial charge in [-0.15, -0.1) is 0 Å². The molecule has 0 heterocycles. The van der Waals surface area contributed by atoms with Crippen molar-refractivity contribution in [3.8, 4) is 0 Å². The molecule has 0 aromatic carbocycles. The van der Waals surface area contributed by atoms with Gasteiger partial charge in [-0.05, 0) is 18.9 Å². The van der Waals surface area contributed by atoms with Crippen LogP contribution in [0, 0.1) is 5.92 Å². The van der Waals surface area contributed by atoms with Crippen LogP contribution < -0.4 is 5.32 Å². The Labute approximate surface area is 76.7 Å². The van der Waals surface area contributed by atoms with Crippen LogP contribution in [0.2, 0.25) is 0 Å². The minimum Gasteiger partial charge on any atom is -0.383 e. The average molecular weight is 173 g/mol. The number of rotatable bonds is 7. The molecule has 2 atom stereocenters. The molecule has 0 aliphatic rings. The Bertz CT molecular complexity index is 95.8. The topological polar surface area (TPSA) is 21.3 Å². The van der Waals surface area contributed by atoms with Crippen molar-refractivity contribution in [1.82, 2.24) is 5.32 Å². The molecule has 0 fully saturated rings. The Morgan fingerprint density at radius 3 is 2.33 bits per heavy atom. The maximum absolute atomic E-state index is 5.10. The molecule has 0 bridgehead atoms. The van der Waals surface area contributed by atoms with Gasteiger partial charge in [0.25, 0.3) is 0 Å². The van der Waals surface area contributed by atoms with Crippen LogP contribution in [-0.2, 0) is 4.74 Å². The summed E-state index contributed by atoms with van der Waals surface area (Å²) in [5.41, 5.74) is 0. The van der Waals surface area contributed by atoms with Crippen LogP contribution in [-0.4, -0.2) is 26.3 Å². The molecule has 0 radical (unpaired) electrons. The van der Waals surface area contributed by atoms with Crippen LogP contribution in [0.25, 0.3) is 0 Å². The van der Waals surface area contributed by atoms with E-state index in [0.29, 0.717) is 6.04 Å². The second-order valence-electron chi connectivity index (χ2n) is 3.48. The molecule has 0 aromatic heterocycles. The molecule has 0 rings (SSSR count). The first-order chi connectivity index (χ1) is 5.74. The summed E-state index contributed by atoms with van der Waals surface area (Å²) in [5.74, 6) is 0.774. The minimum absolute atomic E-state index is 0.531. The van der Waals surface area contributed by atoms with Crippen molar-refractivity contribution in [3.63, 3.8) is 0 Å². The molecule has 0 amide bonds. The van der Waals surface area contributed by atoms with Gasteiger partial charge in [0.1, 0.15) is 0 Å². The van der Waals surface area contributed by atoms with E-state index in [-0.39, 0.29) is 0 Å². The Morgan fingerprint density at radius 1 is 1.25 bits per heavy atom. The summed E-state index contributed by atoms with van der Waals surface area (Å²) in [4.78, 5) is 0. The van der Waals surface area contributed by atoms with Crippen LogP contribution in [0.3, 0.4) is 0 Å². The molecule has 12 heavy (non-hydrogen) atoms. The molecule has 74 valence electrons. The number of methoxy groups -OCH3 is 1. The third-order valence-corrected chi connectivity index (χ3v) is 2.31. The summed E-state index contributed by atoms with van der Waals surface area (Å²) in [6, 6.07) is 0.531. The summed E-state index contributed by atoms with van der Waals surface area (Å²) in [6.45, 7) is 8.62. The van der Waals surface area contributed by atoms with Crippen molar-refractivity contribution in [2.45, 2.75) is 39.7 Å². The first-order valence-electron chi connectivity index (χ1n) is 4.96. The Hall–Kier alpha value is -0.0800. The number of hydrogen-bond acceptors (Lipinski definition) is 2. The van der Waals surface area contributed by atoms with Crippen molar-refractivity contribution in [3.05, 3.63) is 0 Å². The lowest BCUT2D eigenvalue weighted by Crippen LogP contribution is -2.35. The smallest absolute Gasteiger partial charge is 0.0615 e. The first-order valence-corrected chi connectivity index (χ1v) is 4.96. The van der Waals surface area contributed by atoms with Gasteiger partial charge in [0.15, 0.2) is 0 Å². The predicted octanol–water partition coefficient (Wildman–Crippen LogP) is 2.05. The average Bonchev–Trinajstić information content (AvgIpc) is 2.11. The van der Waals surface area contributed by atoms with E-state index in [1.54, 1.807) is 7.11 Å². The minimum atomic E-state index is 0.531. The third kappa shape index (κ3) is 5.56. The largest absolute Gasteiger partial charge is 0.383 e. The molecule has 0 saturated heterocycles. The molecule has 2 unspecified atom stereocenters. The SMILES string of the molecule is CCC(C)CNC(CC)COC. The van der Waals surface area contributed by atoms with Crippen LogP contribution in [0.15, 0.2) is 0 Å². The van der Waals surface area contributed by atoms with E-state index in [4.69, 9.17) is 4.74 Å². The number of nitrogens with one attached hydrogen (secondary N) is 1. The predicted molar refractivity (Wildman–Crippen MR) is 53.4 cm³/mol. The molecule has 1 N–H and O–H groups in total. The van der Waals surface area contributed by atoms with Gasteiger partial charge in [-0.1, -0.05) is 27.2 Å². The van der Waals surface area contributed by atoms with Gasteiger partial charge >= 0.3 is 0 Å². The highest BCUT2D eigenvalue weighted by Crippen LogP contribution is 1.99. The van der Waals surface area contributed by atoms with Crippen LogP contribution in [0.1, 0.15) is 33.6 Å².